The van der Waals surface area contributed by atoms with Gasteiger partial charge in [0.15, 0.2) is 11.6 Å². The Morgan fingerprint density at radius 3 is 2.08 bits per heavy atom. The molecule has 0 amide bonds. The summed E-state index contributed by atoms with van der Waals surface area (Å²) in [6.07, 6.45) is 0. The normalized spacial score (nSPS) is 14.9. The van der Waals surface area contributed by atoms with Crippen LogP contribution in [0.5, 0.6) is 0 Å². The van der Waals surface area contributed by atoms with Crippen molar-refractivity contribution >= 4 is 32.6 Å². The summed E-state index contributed by atoms with van der Waals surface area (Å²) in [5.41, 5.74) is 0.860. The van der Waals surface area contributed by atoms with Gasteiger partial charge in [0, 0.05) is 16.5 Å². The summed E-state index contributed by atoms with van der Waals surface area (Å²) in [4.78, 5) is 29.1. The van der Waals surface area contributed by atoms with E-state index in [1.165, 1.54) is 18.2 Å². The van der Waals surface area contributed by atoms with Crippen LogP contribution in [0.2, 0.25) is 0 Å². The van der Waals surface area contributed by atoms with Crippen LogP contribution in [0.4, 0.5) is 0 Å². The lowest BCUT2D eigenvalue weighted by Crippen LogP contribution is -2.15. The van der Waals surface area contributed by atoms with Crippen molar-refractivity contribution in [3.63, 3.8) is 0 Å². The van der Waals surface area contributed by atoms with Crippen molar-refractivity contribution in [3.05, 3.63) is 71.4 Å². The lowest BCUT2D eigenvalue weighted by Gasteiger charge is -2.09. The van der Waals surface area contributed by atoms with Gasteiger partial charge < -0.3 is 0 Å². The molecule has 0 spiro atoms. The maximum absolute atomic E-state index is 12.6. The van der Waals surface area contributed by atoms with Crippen molar-refractivity contribution in [2.45, 2.75) is 10.8 Å². The Balaban J connectivity index is 1.92. The summed E-state index contributed by atoms with van der Waals surface area (Å²) < 4.78 is 32.5. The number of carbonyl (C=O) groups excluding carboxylic acids is 2. The molecule has 25 heavy (non-hydrogen) atoms. The molecule has 0 fully saturated rings. The Morgan fingerprint density at radius 2 is 1.48 bits per heavy atom. The van der Waals surface area contributed by atoms with Gasteiger partial charge in [-0.25, -0.2) is 0 Å². The summed E-state index contributed by atoms with van der Waals surface area (Å²) in [6.45, 7) is 0. The number of ketones is 2. The zero-order valence-corrected chi connectivity index (χ0v) is 13.5. The second-order valence-electron chi connectivity index (χ2n) is 5.75. The molecule has 0 bridgehead atoms. The van der Waals surface area contributed by atoms with Crippen molar-refractivity contribution in [1.29, 1.82) is 0 Å². The molecule has 1 aliphatic rings. The van der Waals surface area contributed by atoms with E-state index in [9.17, 15) is 22.6 Å². The Bertz CT molecular complexity index is 1130. The highest BCUT2D eigenvalue weighted by Crippen LogP contribution is 2.34. The lowest BCUT2D eigenvalue weighted by atomic mass is 9.98. The second kappa shape index (κ2) is 5.30. The first kappa shape index (κ1) is 15.6. The van der Waals surface area contributed by atoms with Gasteiger partial charge in [0.25, 0.3) is 10.1 Å². The van der Waals surface area contributed by atoms with Gasteiger partial charge in [-0.2, -0.15) is 8.42 Å². The Hall–Kier alpha value is -2.90. The molecule has 6 nitrogen and oxygen atoms in total. The monoisotopic (exact) mass is 353 g/mol. The first-order chi connectivity index (χ1) is 11.9. The average Bonchev–Trinajstić information content (AvgIpc) is 2.84. The fourth-order valence-corrected chi connectivity index (χ4v) is 3.77. The number of aromatic nitrogens is 1. The number of Topliss-reactive ketones (excluding diaryl/α,β-unsaturated/α-hetero) is 2. The van der Waals surface area contributed by atoms with E-state index in [0.29, 0.717) is 16.5 Å². The fourth-order valence-electron chi connectivity index (χ4n) is 3.12. The van der Waals surface area contributed by atoms with Gasteiger partial charge in [0.05, 0.1) is 11.2 Å². The van der Waals surface area contributed by atoms with Gasteiger partial charge in [0.2, 0.25) is 0 Å². The summed E-state index contributed by atoms with van der Waals surface area (Å²) in [6, 6.07) is 14.0. The van der Waals surface area contributed by atoms with Crippen LogP contribution >= 0.6 is 0 Å². The van der Waals surface area contributed by atoms with Gasteiger partial charge in [-0.1, -0.05) is 42.5 Å². The molecule has 0 atom stereocenters. The molecule has 1 aliphatic carbocycles. The smallest absolute Gasteiger partial charge is 0.293 e. The Labute approximate surface area is 142 Å². The molecule has 1 aromatic heterocycles. The van der Waals surface area contributed by atoms with Crippen molar-refractivity contribution in [2.75, 3.05) is 0 Å². The predicted octanol–water partition coefficient (Wildman–Crippen LogP) is 2.64. The second-order valence-corrected chi connectivity index (χ2v) is 7.14. The van der Waals surface area contributed by atoms with Gasteiger partial charge >= 0.3 is 0 Å². The molecule has 0 saturated heterocycles. The molecule has 7 heteroatoms. The van der Waals surface area contributed by atoms with E-state index in [1.54, 1.807) is 36.4 Å². The number of rotatable bonds is 2. The first-order valence-electron chi connectivity index (χ1n) is 7.42. The SMILES string of the molecule is O=C1c2ccccc2C(=O)C1c1ccc2cccc(S(=O)(=O)O)c2n1. The van der Waals surface area contributed by atoms with Crippen molar-refractivity contribution in [3.8, 4) is 0 Å². The van der Waals surface area contributed by atoms with Crippen molar-refractivity contribution in [2.24, 2.45) is 0 Å². The van der Waals surface area contributed by atoms with Crippen LogP contribution in [0.3, 0.4) is 0 Å². The highest BCUT2D eigenvalue weighted by atomic mass is 32.2. The third-order valence-corrected chi connectivity index (χ3v) is 5.15. The minimum absolute atomic E-state index is 0.0269. The van der Waals surface area contributed by atoms with E-state index < -0.39 is 16.0 Å². The highest BCUT2D eigenvalue weighted by molar-refractivity contribution is 7.86. The molecule has 2 aromatic carbocycles. The van der Waals surface area contributed by atoms with Crippen LogP contribution in [0, 0.1) is 0 Å². The predicted molar refractivity (Wildman–Crippen MR) is 89.4 cm³/mol. The largest absolute Gasteiger partial charge is 0.296 e. The van der Waals surface area contributed by atoms with E-state index in [-0.39, 0.29) is 27.7 Å². The maximum atomic E-state index is 12.6. The zero-order chi connectivity index (χ0) is 17.8. The topological polar surface area (TPSA) is 101 Å². The molecule has 0 radical (unpaired) electrons. The van der Waals surface area contributed by atoms with E-state index in [1.807, 2.05) is 0 Å². The molecule has 3 aromatic rings. The van der Waals surface area contributed by atoms with E-state index in [0.717, 1.165) is 0 Å². The van der Waals surface area contributed by atoms with Gasteiger partial charge in [-0.15, -0.1) is 0 Å². The molecule has 0 aliphatic heterocycles. The van der Waals surface area contributed by atoms with E-state index in [2.05, 4.69) is 4.98 Å². The minimum Gasteiger partial charge on any atom is -0.293 e. The number of carbonyl (C=O) groups is 2. The molecular formula is C18H11NO5S. The third-order valence-electron chi connectivity index (χ3n) is 4.26. The zero-order valence-electron chi connectivity index (χ0n) is 12.7. The van der Waals surface area contributed by atoms with Crippen LogP contribution in [-0.4, -0.2) is 29.5 Å². The summed E-state index contributed by atoms with van der Waals surface area (Å²) >= 11 is 0. The van der Waals surface area contributed by atoms with Gasteiger partial charge in [-0.05, 0) is 12.1 Å². The third kappa shape index (κ3) is 2.36. The number of hydrogen-bond acceptors (Lipinski definition) is 5. The molecule has 1 N–H and O–H groups in total. The minimum atomic E-state index is -4.48. The number of hydrogen-bond donors (Lipinski definition) is 1. The maximum Gasteiger partial charge on any atom is 0.296 e. The number of para-hydroxylation sites is 1. The van der Waals surface area contributed by atoms with Crippen LogP contribution < -0.4 is 0 Å². The summed E-state index contributed by atoms with van der Waals surface area (Å²) in [7, 11) is -4.48. The standard InChI is InChI=1S/C18H11NO5S/c20-17-11-5-1-2-6-12(11)18(21)15(17)13-9-8-10-4-3-7-14(16(10)19-13)25(22,23)24/h1-9,15H,(H,22,23,24). The van der Waals surface area contributed by atoms with Crippen LogP contribution in [0.1, 0.15) is 32.3 Å². The van der Waals surface area contributed by atoms with Crippen LogP contribution in [0.15, 0.2) is 59.5 Å². The molecule has 1 heterocycles. The highest BCUT2D eigenvalue weighted by Gasteiger charge is 2.40. The number of benzene rings is 2. The number of nitrogens with zero attached hydrogens (tertiary/aromatic N) is 1. The summed E-state index contributed by atoms with van der Waals surface area (Å²) in [5, 5.41) is 0.481. The molecule has 124 valence electrons. The number of fused-ring (bicyclic) bond motifs is 2. The van der Waals surface area contributed by atoms with Gasteiger partial charge in [-0.3, -0.25) is 19.1 Å². The van der Waals surface area contributed by atoms with Crippen LogP contribution in [0.25, 0.3) is 10.9 Å². The van der Waals surface area contributed by atoms with Crippen molar-refractivity contribution in [1.82, 2.24) is 4.98 Å². The Morgan fingerprint density at radius 1 is 0.840 bits per heavy atom. The molecule has 0 saturated carbocycles. The van der Waals surface area contributed by atoms with Crippen molar-refractivity contribution < 1.29 is 22.6 Å². The van der Waals surface area contributed by atoms with Crippen LogP contribution in [-0.2, 0) is 10.1 Å². The molecular weight excluding hydrogens is 342 g/mol. The quantitative estimate of drug-likeness (QED) is 0.561. The Kier molecular flexibility index (Phi) is 3.31. The summed E-state index contributed by atoms with van der Waals surface area (Å²) in [5.74, 6) is -1.83. The first-order valence-corrected chi connectivity index (χ1v) is 8.86. The fraction of sp³-hybridized carbons (Fsp3) is 0.0556. The number of pyridine rings is 1. The van der Waals surface area contributed by atoms with E-state index >= 15 is 0 Å². The molecule has 4 rings (SSSR count). The van der Waals surface area contributed by atoms with E-state index in [4.69, 9.17) is 0 Å². The lowest BCUT2D eigenvalue weighted by molar-refractivity contribution is 0.0888. The average molecular weight is 353 g/mol. The molecule has 0 unspecified atom stereocenters. The van der Waals surface area contributed by atoms with Gasteiger partial charge in [0.1, 0.15) is 10.8 Å².